The molecule has 4 nitrogen and oxygen atoms in total. The monoisotopic (exact) mass is 267 g/mol. The van der Waals surface area contributed by atoms with Gasteiger partial charge in [-0.15, -0.1) is 0 Å². The Morgan fingerprint density at radius 2 is 2.05 bits per heavy atom. The number of aryl methyl sites for hydroxylation is 1. The van der Waals surface area contributed by atoms with Crippen LogP contribution in [-0.2, 0) is 6.42 Å². The second-order valence-corrected chi connectivity index (χ2v) is 4.91. The van der Waals surface area contributed by atoms with E-state index in [1.54, 1.807) is 7.11 Å². The molecule has 0 fully saturated rings. The Morgan fingerprint density at radius 1 is 1.32 bits per heavy atom. The van der Waals surface area contributed by atoms with E-state index in [0.29, 0.717) is 6.61 Å². The zero-order valence-electron chi connectivity index (χ0n) is 12.3. The lowest BCUT2D eigenvalue weighted by molar-refractivity contribution is 0.150. The smallest absolute Gasteiger partial charge is 0.161 e. The lowest BCUT2D eigenvalue weighted by atomic mass is 10.0. The minimum absolute atomic E-state index is 0.0821. The van der Waals surface area contributed by atoms with Crippen LogP contribution in [0.4, 0.5) is 0 Å². The summed E-state index contributed by atoms with van der Waals surface area (Å²) in [6, 6.07) is 5.98. The number of rotatable bonds is 8. The molecule has 0 saturated carbocycles. The van der Waals surface area contributed by atoms with Crippen molar-refractivity contribution in [2.24, 2.45) is 0 Å². The minimum Gasteiger partial charge on any atom is -0.493 e. The highest BCUT2D eigenvalue weighted by atomic mass is 16.5. The number of hydrogen-bond acceptors (Lipinski definition) is 4. The van der Waals surface area contributed by atoms with Gasteiger partial charge in [-0.2, -0.15) is 0 Å². The van der Waals surface area contributed by atoms with E-state index in [4.69, 9.17) is 9.47 Å². The van der Waals surface area contributed by atoms with Gasteiger partial charge >= 0.3 is 0 Å². The topological polar surface area (TPSA) is 50.7 Å². The molecule has 1 atom stereocenters. The van der Waals surface area contributed by atoms with E-state index < -0.39 is 0 Å². The van der Waals surface area contributed by atoms with Crippen molar-refractivity contribution < 1.29 is 14.6 Å². The number of nitrogens with one attached hydrogen (secondary N) is 1. The molecule has 19 heavy (non-hydrogen) atoms. The molecule has 2 N–H and O–H groups in total. The quantitative estimate of drug-likeness (QED) is 0.756. The van der Waals surface area contributed by atoms with Crippen LogP contribution in [0, 0.1) is 0 Å². The van der Waals surface area contributed by atoms with E-state index in [-0.39, 0.29) is 12.1 Å². The summed E-state index contributed by atoms with van der Waals surface area (Å²) in [7, 11) is 3.49. The highest BCUT2D eigenvalue weighted by Crippen LogP contribution is 2.28. The van der Waals surface area contributed by atoms with Gasteiger partial charge in [-0.3, -0.25) is 0 Å². The Labute approximate surface area is 115 Å². The van der Waals surface area contributed by atoms with Crippen LogP contribution in [0.15, 0.2) is 18.2 Å². The van der Waals surface area contributed by atoms with Gasteiger partial charge in [-0.05, 0) is 38.1 Å². The molecule has 0 heterocycles. The standard InChI is InChI=1S/C15H25NO3/c1-5-12-6-7-13(14(10-12)18-4)19-9-8-15(2,11-17)16-3/h6-7,10,16-17H,5,8-9,11H2,1-4H3. The average molecular weight is 267 g/mol. The Morgan fingerprint density at radius 3 is 2.58 bits per heavy atom. The maximum Gasteiger partial charge on any atom is 0.161 e. The van der Waals surface area contributed by atoms with E-state index in [0.717, 1.165) is 24.3 Å². The number of aliphatic hydroxyl groups excluding tert-OH is 1. The van der Waals surface area contributed by atoms with Gasteiger partial charge in [0.05, 0.1) is 20.3 Å². The van der Waals surface area contributed by atoms with Crippen molar-refractivity contribution in [1.29, 1.82) is 0 Å². The normalized spacial score (nSPS) is 13.9. The number of benzene rings is 1. The first-order valence-electron chi connectivity index (χ1n) is 6.68. The Bertz CT molecular complexity index is 389. The maximum atomic E-state index is 9.31. The van der Waals surface area contributed by atoms with Gasteiger partial charge in [-0.25, -0.2) is 0 Å². The predicted molar refractivity (Wildman–Crippen MR) is 77.0 cm³/mol. The second-order valence-electron chi connectivity index (χ2n) is 4.91. The van der Waals surface area contributed by atoms with Crippen molar-refractivity contribution in [3.8, 4) is 11.5 Å². The third-order valence-corrected chi connectivity index (χ3v) is 3.50. The van der Waals surface area contributed by atoms with Gasteiger partial charge < -0.3 is 19.9 Å². The van der Waals surface area contributed by atoms with Gasteiger partial charge in [-0.1, -0.05) is 13.0 Å². The molecule has 0 radical (unpaired) electrons. The molecule has 0 aliphatic heterocycles. The van der Waals surface area contributed by atoms with Crippen LogP contribution in [0.2, 0.25) is 0 Å². The third kappa shape index (κ3) is 4.40. The lowest BCUT2D eigenvalue weighted by Crippen LogP contribution is -2.44. The Kier molecular flexibility index (Phi) is 6.12. The van der Waals surface area contributed by atoms with Crippen LogP contribution < -0.4 is 14.8 Å². The molecule has 0 amide bonds. The van der Waals surface area contributed by atoms with E-state index in [1.165, 1.54) is 5.56 Å². The first-order chi connectivity index (χ1) is 9.08. The van der Waals surface area contributed by atoms with Crippen molar-refractivity contribution in [1.82, 2.24) is 5.32 Å². The zero-order valence-corrected chi connectivity index (χ0v) is 12.3. The number of methoxy groups -OCH3 is 1. The minimum atomic E-state index is -0.309. The van der Waals surface area contributed by atoms with Crippen LogP contribution in [0.3, 0.4) is 0 Å². The highest BCUT2D eigenvalue weighted by Gasteiger charge is 2.20. The SMILES string of the molecule is CCc1ccc(OCCC(C)(CO)NC)c(OC)c1. The molecule has 0 aromatic heterocycles. The van der Waals surface area contributed by atoms with E-state index >= 15 is 0 Å². The molecule has 1 aromatic carbocycles. The molecule has 108 valence electrons. The summed E-state index contributed by atoms with van der Waals surface area (Å²) >= 11 is 0. The fourth-order valence-corrected chi connectivity index (χ4v) is 1.72. The van der Waals surface area contributed by atoms with Gasteiger partial charge in [0, 0.05) is 12.0 Å². The van der Waals surface area contributed by atoms with Crippen molar-refractivity contribution in [3.63, 3.8) is 0 Å². The summed E-state index contributed by atoms with van der Waals surface area (Å²) in [6.07, 6.45) is 1.69. The number of likely N-dealkylation sites (N-methyl/N-ethyl adjacent to an activating group) is 1. The van der Waals surface area contributed by atoms with Crippen LogP contribution in [0.1, 0.15) is 25.8 Å². The summed E-state index contributed by atoms with van der Waals surface area (Å²) in [4.78, 5) is 0. The summed E-state index contributed by atoms with van der Waals surface area (Å²) in [5.74, 6) is 1.51. The van der Waals surface area contributed by atoms with Crippen LogP contribution in [0.25, 0.3) is 0 Å². The molecular formula is C15H25NO3. The van der Waals surface area contributed by atoms with Gasteiger partial charge in [0.25, 0.3) is 0 Å². The molecular weight excluding hydrogens is 242 g/mol. The highest BCUT2D eigenvalue weighted by molar-refractivity contribution is 5.42. The zero-order chi connectivity index (χ0) is 14.3. The largest absolute Gasteiger partial charge is 0.493 e. The molecule has 1 rings (SSSR count). The number of ether oxygens (including phenoxy) is 2. The summed E-state index contributed by atoms with van der Waals surface area (Å²) in [5.41, 5.74) is 0.913. The Balaban J connectivity index is 2.62. The summed E-state index contributed by atoms with van der Waals surface area (Å²) in [6.45, 7) is 4.68. The van der Waals surface area contributed by atoms with E-state index in [1.807, 2.05) is 32.2 Å². The first-order valence-corrected chi connectivity index (χ1v) is 6.68. The third-order valence-electron chi connectivity index (χ3n) is 3.50. The molecule has 0 bridgehead atoms. The maximum absolute atomic E-state index is 9.31. The van der Waals surface area contributed by atoms with Crippen molar-refractivity contribution in [2.45, 2.75) is 32.2 Å². The first kappa shape index (κ1) is 15.8. The number of aliphatic hydroxyl groups is 1. The fourth-order valence-electron chi connectivity index (χ4n) is 1.72. The molecule has 0 aliphatic carbocycles. The van der Waals surface area contributed by atoms with Crippen molar-refractivity contribution in [3.05, 3.63) is 23.8 Å². The molecule has 1 unspecified atom stereocenters. The molecule has 1 aromatic rings. The van der Waals surface area contributed by atoms with E-state index in [2.05, 4.69) is 12.2 Å². The molecule has 0 saturated heterocycles. The summed E-state index contributed by atoms with van der Waals surface area (Å²) in [5, 5.41) is 12.4. The van der Waals surface area contributed by atoms with Crippen molar-refractivity contribution in [2.75, 3.05) is 27.4 Å². The second kappa shape index (κ2) is 7.36. The van der Waals surface area contributed by atoms with Crippen LogP contribution in [-0.4, -0.2) is 38.0 Å². The fraction of sp³-hybridized carbons (Fsp3) is 0.600. The van der Waals surface area contributed by atoms with Gasteiger partial charge in [0.1, 0.15) is 0 Å². The van der Waals surface area contributed by atoms with Crippen LogP contribution in [0.5, 0.6) is 11.5 Å². The molecule has 4 heteroatoms. The van der Waals surface area contributed by atoms with Crippen molar-refractivity contribution >= 4 is 0 Å². The lowest BCUT2D eigenvalue weighted by Gasteiger charge is -2.26. The van der Waals surface area contributed by atoms with Gasteiger partial charge in [0.2, 0.25) is 0 Å². The average Bonchev–Trinajstić information content (AvgIpc) is 2.47. The van der Waals surface area contributed by atoms with Gasteiger partial charge in [0.15, 0.2) is 11.5 Å². The van der Waals surface area contributed by atoms with E-state index in [9.17, 15) is 5.11 Å². The number of hydrogen-bond donors (Lipinski definition) is 2. The predicted octanol–water partition coefficient (Wildman–Crippen LogP) is 2.00. The Hall–Kier alpha value is -1.26. The van der Waals surface area contributed by atoms with Crippen LogP contribution >= 0.6 is 0 Å². The molecule has 0 spiro atoms. The summed E-state index contributed by atoms with van der Waals surface area (Å²) < 4.78 is 11.1. The molecule has 0 aliphatic rings.